The molecule has 5 heteroatoms. The molecular formula is C13H19FN2O2. The molecule has 1 aromatic carbocycles. The van der Waals surface area contributed by atoms with Crippen LogP contribution in [0.2, 0.25) is 0 Å². The fourth-order valence-electron chi connectivity index (χ4n) is 1.41. The van der Waals surface area contributed by atoms with Crippen molar-refractivity contribution in [2.75, 3.05) is 11.9 Å². The summed E-state index contributed by atoms with van der Waals surface area (Å²) in [5.41, 5.74) is 0.840. The maximum Gasteiger partial charge on any atom is 0.319 e. The molecule has 0 radical (unpaired) electrons. The second-order valence-electron chi connectivity index (χ2n) is 4.46. The van der Waals surface area contributed by atoms with Crippen LogP contribution in [0.3, 0.4) is 0 Å². The first-order chi connectivity index (χ1) is 8.45. The molecule has 0 aliphatic carbocycles. The van der Waals surface area contributed by atoms with Gasteiger partial charge >= 0.3 is 6.03 Å². The lowest BCUT2D eigenvalue weighted by atomic mass is 10.1. The molecule has 4 nitrogen and oxygen atoms in total. The van der Waals surface area contributed by atoms with Gasteiger partial charge in [0.15, 0.2) is 0 Å². The first kappa shape index (κ1) is 14.4. The Morgan fingerprint density at radius 3 is 2.72 bits per heavy atom. The third kappa shape index (κ3) is 3.70. The zero-order valence-electron chi connectivity index (χ0n) is 10.8. The van der Waals surface area contributed by atoms with Crippen LogP contribution in [0, 0.1) is 18.7 Å². The highest BCUT2D eigenvalue weighted by molar-refractivity contribution is 5.90. The summed E-state index contributed by atoms with van der Waals surface area (Å²) < 4.78 is 13.3. The molecule has 100 valence electrons. The van der Waals surface area contributed by atoms with Gasteiger partial charge in [-0.3, -0.25) is 0 Å². The van der Waals surface area contributed by atoms with Crippen LogP contribution in [0.1, 0.15) is 19.4 Å². The van der Waals surface area contributed by atoms with Gasteiger partial charge in [-0.15, -0.1) is 0 Å². The van der Waals surface area contributed by atoms with Gasteiger partial charge in [0.05, 0.1) is 0 Å². The Labute approximate surface area is 106 Å². The molecule has 0 saturated heterocycles. The predicted molar refractivity (Wildman–Crippen MR) is 69.0 cm³/mol. The van der Waals surface area contributed by atoms with Crippen molar-refractivity contribution in [3.05, 3.63) is 29.6 Å². The van der Waals surface area contributed by atoms with Crippen molar-refractivity contribution in [1.82, 2.24) is 5.32 Å². The van der Waals surface area contributed by atoms with E-state index in [1.807, 2.05) is 6.92 Å². The van der Waals surface area contributed by atoms with Crippen LogP contribution >= 0.6 is 0 Å². The number of halogens is 1. The summed E-state index contributed by atoms with van der Waals surface area (Å²) in [5.74, 6) is -0.395. The number of anilines is 1. The van der Waals surface area contributed by atoms with Crippen molar-refractivity contribution < 1.29 is 14.3 Å². The van der Waals surface area contributed by atoms with Gasteiger partial charge in [-0.25, -0.2) is 9.18 Å². The molecule has 0 aliphatic rings. The number of hydrogen-bond donors (Lipinski definition) is 3. The summed E-state index contributed by atoms with van der Waals surface area (Å²) in [5, 5.41) is 14.2. The van der Waals surface area contributed by atoms with Crippen LogP contribution in [-0.2, 0) is 0 Å². The van der Waals surface area contributed by atoms with Crippen LogP contribution in [0.15, 0.2) is 18.2 Å². The van der Waals surface area contributed by atoms with Gasteiger partial charge in [0.1, 0.15) is 5.82 Å². The first-order valence-corrected chi connectivity index (χ1v) is 5.89. The van der Waals surface area contributed by atoms with Crippen molar-refractivity contribution in [3.8, 4) is 0 Å². The number of benzene rings is 1. The van der Waals surface area contributed by atoms with E-state index in [1.54, 1.807) is 19.9 Å². The smallest absolute Gasteiger partial charge is 0.319 e. The lowest BCUT2D eigenvalue weighted by Crippen LogP contribution is -2.40. The molecule has 1 rings (SSSR count). The van der Waals surface area contributed by atoms with Gasteiger partial charge in [0.25, 0.3) is 0 Å². The van der Waals surface area contributed by atoms with Crippen molar-refractivity contribution in [2.45, 2.75) is 26.8 Å². The molecule has 0 aromatic heterocycles. The van der Waals surface area contributed by atoms with E-state index in [-0.39, 0.29) is 24.4 Å². The largest absolute Gasteiger partial charge is 0.396 e. The summed E-state index contributed by atoms with van der Waals surface area (Å²) in [6.07, 6.45) is 0. The van der Waals surface area contributed by atoms with E-state index < -0.39 is 6.03 Å². The number of amides is 2. The number of carbonyl (C=O) groups is 1. The second kappa shape index (κ2) is 6.35. The van der Waals surface area contributed by atoms with Gasteiger partial charge in [-0.2, -0.15) is 0 Å². The highest BCUT2D eigenvalue weighted by Crippen LogP contribution is 2.17. The zero-order valence-corrected chi connectivity index (χ0v) is 10.8. The third-order valence-electron chi connectivity index (χ3n) is 3.02. The molecule has 3 N–H and O–H groups in total. The molecule has 0 spiro atoms. The van der Waals surface area contributed by atoms with E-state index in [0.29, 0.717) is 11.3 Å². The van der Waals surface area contributed by atoms with E-state index in [1.165, 1.54) is 12.1 Å². The number of aliphatic hydroxyl groups is 1. The molecule has 1 aromatic rings. The Kier molecular flexibility index (Phi) is 5.09. The topological polar surface area (TPSA) is 61.4 Å². The van der Waals surface area contributed by atoms with Gasteiger partial charge in [-0.05, 0) is 31.9 Å². The quantitative estimate of drug-likeness (QED) is 0.772. The standard InChI is InChI=1S/C13H19FN2O2/c1-8(7-17)10(3)15-13(18)16-12-6-4-5-11(14)9(12)2/h4-6,8,10,17H,7H2,1-3H3,(H2,15,16,18). The lowest BCUT2D eigenvalue weighted by molar-refractivity contribution is 0.204. The maximum atomic E-state index is 13.3. The van der Waals surface area contributed by atoms with Crippen LogP contribution < -0.4 is 10.6 Å². The van der Waals surface area contributed by atoms with E-state index in [0.717, 1.165) is 0 Å². The highest BCUT2D eigenvalue weighted by atomic mass is 19.1. The molecular weight excluding hydrogens is 235 g/mol. The van der Waals surface area contributed by atoms with E-state index in [4.69, 9.17) is 5.11 Å². The maximum absolute atomic E-state index is 13.3. The van der Waals surface area contributed by atoms with Crippen LogP contribution in [0.25, 0.3) is 0 Å². The molecule has 0 heterocycles. The van der Waals surface area contributed by atoms with Crippen molar-refractivity contribution >= 4 is 11.7 Å². The van der Waals surface area contributed by atoms with E-state index in [2.05, 4.69) is 10.6 Å². The normalized spacial score (nSPS) is 13.8. The van der Waals surface area contributed by atoms with Gasteiger partial charge < -0.3 is 15.7 Å². The summed E-state index contributed by atoms with van der Waals surface area (Å²) in [4.78, 5) is 11.7. The second-order valence-corrected chi connectivity index (χ2v) is 4.46. The van der Waals surface area contributed by atoms with Gasteiger partial charge in [0, 0.05) is 23.9 Å². The zero-order chi connectivity index (χ0) is 13.7. The Balaban J connectivity index is 2.62. The van der Waals surface area contributed by atoms with Crippen molar-refractivity contribution in [2.24, 2.45) is 5.92 Å². The summed E-state index contributed by atoms with van der Waals surface area (Å²) in [6, 6.07) is 3.95. The third-order valence-corrected chi connectivity index (χ3v) is 3.02. The molecule has 0 fully saturated rings. The lowest BCUT2D eigenvalue weighted by Gasteiger charge is -2.20. The monoisotopic (exact) mass is 254 g/mol. The van der Waals surface area contributed by atoms with Crippen molar-refractivity contribution in [1.29, 1.82) is 0 Å². The minimum Gasteiger partial charge on any atom is -0.396 e. The number of nitrogens with one attached hydrogen (secondary N) is 2. The first-order valence-electron chi connectivity index (χ1n) is 5.89. The van der Waals surface area contributed by atoms with E-state index in [9.17, 15) is 9.18 Å². The minimum absolute atomic E-state index is 0.000436. The van der Waals surface area contributed by atoms with E-state index >= 15 is 0 Å². The van der Waals surface area contributed by atoms with Gasteiger partial charge in [0.2, 0.25) is 0 Å². The Bertz CT molecular complexity index is 423. The molecule has 0 aliphatic heterocycles. The molecule has 2 unspecified atom stereocenters. The average Bonchev–Trinajstić information content (AvgIpc) is 2.33. The number of hydrogen-bond acceptors (Lipinski definition) is 2. The predicted octanol–water partition coefficient (Wildman–Crippen LogP) is 2.27. The number of aliphatic hydroxyl groups excluding tert-OH is 1. The van der Waals surface area contributed by atoms with Crippen LogP contribution in [0.4, 0.5) is 14.9 Å². The number of urea groups is 1. The Morgan fingerprint density at radius 2 is 2.11 bits per heavy atom. The van der Waals surface area contributed by atoms with Gasteiger partial charge in [-0.1, -0.05) is 13.0 Å². The Hall–Kier alpha value is -1.62. The molecule has 2 amide bonds. The fourth-order valence-corrected chi connectivity index (χ4v) is 1.41. The highest BCUT2D eigenvalue weighted by Gasteiger charge is 2.14. The molecule has 0 bridgehead atoms. The average molecular weight is 254 g/mol. The summed E-state index contributed by atoms with van der Waals surface area (Å²) in [7, 11) is 0. The number of carbonyl (C=O) groups excluding carboxylic acids is 1. The number of rotatable bonds is 4. The summed E-state index contributed by atoms with van der Waals surface area (Å²) >= 11 is 0. The molecule has 2 atom stereocenters. The van der Waals surface area contributed by atoms with Crippen molar-refractivity contribution in [3.63, 3.8) is 0 Å². The fraction of sp³-hybridized carbons (Fsp3) is 0.462. The SMILES string of the molecule is Cc1c(F)cccc1NC(=O)NC(C)C(C)CO. The Morgan fingerprint density at radius 1 is 1.44 bits per heavy atom. The summed E-state index contributed by atoms with van der Waals surface area (Å²) in [6.45, 7) is 5.24. The molecule has 18 heavy (non-hydrogen) atoms. The van der Waals surface area contributed by atoms with Crippen LogP contribution in [0.5, 0.6) is 0 Å². The van der Waals surface area contributed by atoms with Crippen LogP contribution in [-0.4, -0.2) is 23.8 Å². The minimum atomic E-state index is -0.406. The molecule has 0 saturated carbocycles.